The Morgan fingerprint density at radius 1 is 0.964 bits per heavy atom. The molecule has 16 nitrogen and oxygen atoms in total. The fourth-order valence-corrected chi connectivity index (χ4v) is 6.14. The van der Waals surface area contributed by atoms with Gasteiger partial charge in [-0.2, -0.15) is 0 Å². The molecule has 2 aromatic carbocycles. The third-order valence-corrected chi connectivity index (χ3v) is 9.24. The standard InChI is InChI=1S/C39H53N7O9/c1-7-32-40-17-20-45(32)19-15-34(49)46-18-9-8-16-41-37(50)26-13-14-30(54-6)31(21-26)55-29-12-10-11-28(53-5)27(29)22-42-38(51)35(24(2)3)44-39(52)36(25(4)47)43-33(48)23-46/h10-14,17,20-21,24-25,35-36,47H,7-9,15-16,18-19,22-23H2,1-6H3,(H,41,50)(H,42,51)(H,43,48)(H,44,52)/t25-,35-,36+/m1/s1. The van der Waals surface area contributed by atoms with Gasteiger partial charge in [0.15, 0.2) is 11.5 Å². The highest BCUT2D eigenvalue weighted by molar-refractivity contribution is 5.95. The zero-order valence-electron chi connectivity index (χ0n) is 32.3. The molecule has 5 N–H and O–H groups in total. The molecule has 3 aromatic rings. The number of fused-ring (bicyclic) bond motifs is 3. The first-order valence-corrected chi connectivity index (χ1v) is 18.5. The average Bonchev–Trinajstić information content (AvgIpc) is 3.63. The number of aromatic nitrogens is 2. The molecule has 0 aliphatic carbocycles. The lowest BCUT2D eigenvalue weighted by molar-refractivity contribution is -0.138. The Bertz CT molecular complexity index is 1810. The summed E-state index contributed by atoms with van der Waals surface area (Å²) in [6.45, 7) is 7.20. The second-order valence-corrected chi connectivity index (χ2v) is 13.6. The van der Waals surface area contributed by atoms with E-state index in [1.807, 2.05) is 11.5 Å². The van der Waals surface area contributed by atoms with Crippen molar-refractivity contribution in [3.8, 4) is 23.0 Å². The summed E-state index contributed by atoms with van der Waals surface area (Å²) < 4.78 is 19.3. The Kier molecular flexibility index (Phi) is 15.4. The number of benzene rings is 2. The van der Waals surface area contributed by atoms with Crippen LogP contribution in [0.15, 0.2) is 48.8 Å². The number of aliphatic hydroxyl groups excluding tert-OH is 1. The second-order valence-electron chi connectivity index (χ2n) is 13.6. The predicted octanol–water partition coefficient (Wildman–Crippen LogP) is 2.32. The van der Waals surface area contributed by atoms with Crippen LogP contribution in [-0.2, 0) is 38.7 Å². The highest BCUT2D eigenvalue weighted by Gasteiger charge is 2.32. The van der Waals surface area contributed by atoms with Gasteiger partial charge < -0.3 is 50.1 Å². The van der Waals surface area contributed by atoms with E-state index in [4.69, 9.17) is 14.2 Å². The van der Waals surface area contributed by atoms with E-state index in [-0.39, 0.29) is 50.2 Å². The molecular formula is C39H53N7O9. The van der Waals surface area contributed by atoms with Gasteiger partial charge in [-0.1, -0.05) is 26.8 Å². The second kappa shape index (κ2) is 20.2. The molecule has 298 valence electrons. The molecule has 3 atom stereocenters. The van der Waals surface area contributed by atoms with Gasteiger partial charge in [0.2, 0.25) is 23.6 Å². The van der Waals surface area contributed by atoms with Gasteiger partial charge in [-0.3, -0.25) is 24.0 Å². The number of carbonyl (C=O) groups is 5. The summed E-state index contributed by atoms with van der Waals surface area (Å²) in [4.78, 5) is 73.1. The highest BCUT2D eigenvalue weighted by atomic mass is 16.5. The molecule has 0 unspecified atom stereocenters. The van der Waals surface area contributed by atoms with Crippen LogP contribution >= 0.6 is 0 Å². The molecule has 0 saturated carbocycles. The van der Waals surface area contributed by atoms with Crippen LogP contribution in [0.2, 0.25) is 0 Å². The fourth-order valence-electron chi connectivity index (χ4n) is 6.14. The van der Waals surface area contributed by atoms with Crippen molar-refractivity contribution in [2.75, 3.05) is 33.9 Å². The van der Waals surface area contributed by atoms with Crippen molar-refractivity contribution in [1.29, 1.82) is 0 Å². The Labute approximate surface area is 321 Å². The molecule has 4 rings (SSSR count). The number of hydrogen-bond acceptors (Lipinski definition) is 10. The summed E-state index contributed by atoms with van der Waals surface area (Å²) in [6.07, 6.45) is 3.85. The minimum absolute atomic E-state index is 0.0687. The number of nitrogens with zero attached hydrogens (tertiary/aromatic N) is 3. The number of nitrogens with one attached hydrogen (secondary N) is 4. The Balaban J connectivity index is 1.64. The van der Waals surface area contributed by atoms with Crippen LogP contribution in [0, 0.1) is 5.92 Å². The molecule has 2 bridgehead atoms. The molecule has 55 heavy (non-hydrogen) atoms. The fraction of sp³-hybridized carbons (Fsp3) is 0.487. The average molecular weight is 764 g/mol. The first kappa shape index (κ1) is 42.1. The van der Waals surface area contributed by atoms with E-state index in [1.165, 1.54) is 26.0 Å². The molecule has 1 aromatic heterocycles. The van der Waals surface area contributed by atoms with Crippen LogP contribution in [0.4, 0.5) is 0 Å². The Hall–Kier alpha value is -5.64. The summed E-state index contributed by atoms with van der Waals surface area (Å²) in [5.74, 6) is -0.841. The van der Waals surface area contributed by atoms with Crippen molar-refractivity contribution in [1.82, 2.24) is 35.7 Å². The lowest BCUT2D eigenvalue weighted by Crippen LogP contribution is -2.59. The number of amides is 5. The molecule has 5 amide bonds. The van der Waals surface area contributed by atoms with Crippen LogP contribution in [0.1, 0.15) is 68.7 Å². The number of methoxy groups -OCH3 is 2. The number of imidazole rings is 1. The maximum absolute atomic E-state index is 13.6. The van der Waals surface area contributed by atoms with Crippen molar-refractivity contribution in [2.45, 2.75) is 84.7 Å². The lowest BCUT2D eigenvalue weighted by Gasteiger charge is -2.28. The van der Waals surface area contributed by atoms with E-state index in [9.17, 15) is 29.1 Å². The molecule has 2 heterocycles. The Morgan fingerprint density at radius 2 is 1.73 bits per heavy atom. The number of aliphatic hydroxyl groups is 1. The lowest BCUT2D eigenvalue weighted by atomic mass is 10.0. The normalized spacial score (nSPS) is 18.5. The van der Waals surface area contributed by atoms with E-state index >= 15 is 0 Å². The van der Waals surface area contributed by atoms with Crippen LogP contribution < -0.4 is 35.5 Å². The van der Waals surface area contributed by atoms with Gasteiger partial charge in [0.1, 0.15) is 29.4 Å². The monoisotopic (exact) mass is 763 g/mol. The molecular weight excluding hydrogens is 710 g/mol. The maximum atomic E-state index is 13.6. The van der Waals surface area contributed by atoms with E-state index in [1.54, 1.807) is 62.6 Å². The van der Waals surface area contributed by atoms with Crippen molar-refractivity contribution in [2.24, 2.45) is 5.92 Å². The van der Waals surface area contributed by atoms with Crippen molar-refractivity contribution in [3.05, 3.63) is 65.7 Å². The minimum Gasteiger partial charge on any atom is -0.496 e. The van der Waals surface area contributed by atoms with Gasteiger partial charge in [-0.25, -0.2) is 4.98 Å². The van der Waals surface area contributed by atoms with E-state index in [0.29, 0.717) is 54.2 Å². The maximum Gasteiger partial charge on any atom is 0.251 e. The van der Waals surface area contributed by atoms with Gasteiger partial charge >= 0.3 is 0 Å². The molecule has 0 fully saturated rings. The Morgan fingerprint density at radius 3 is 2.42 bits per heavy atom. The number of carbonyl (C=O) groups excluding carboxylic acids is 5. The number of rotatable bonds is 8. The number of ether oxygens (including phenoxy) is 3. The first-order valence-electron chi connectivity index (χ1n) is 18.5. The van der Waals surface area contributed by atoms with E-state index in [0.717, 1.165) is 5.82 Å². The quantitative estimate of drug-likeness (QED) is 0.227. The van der Waals surface area contributed by atoms with Crippen LogP contribution in [0.5, 0.6) is 23.0 Å². The molecule has 1 aliphatic heterocycles. The third-order valence-electron chi connectivity index (χ3n) is 9.24. The van der Waals surface area contributed by atoms with Crippen molar-refractivity contribution >= 4 is 29.5 Å². The van der Waals surface area contributed by atoms with Gasteiger partial charge in [0.05, 0.1) is 39.0 Å². The number of hydrogen-bond donors (Lipinski definition) is 5. The van der Waals surface area contributed by atoms with E-state index in [2.05, 4.69) is 26.3 Å². The van der Waals surface area contributed by atoms with E-state index < -0.39 is 41.8 Å². The summed E-state index contributed by atoms with van der Waals surface area (Å²) >= 11 is 0. The topological polar surface area (TPSA) is 202 Å². The van der Waals surface area contributed by atoms with Crippen molar-refractivity contribution in [3.63, 3.8) is 0 Å². The van der Waals surface area contributed by atoms with Gasteiger partial charge in [0, 0.05) is 50.4 Å². The van der Waals surface area contributed by atoms with Crippen molar-refractivity contribution < 1.29 is 43.3 Å². The number of aryl methyl sites for hydroxylation is 2. The minimum atomic E-state index is -1.42. The molecule has 0 spiro atoms. The summed E-state index contributed by atoms with van der Waals surface area (Å²) in [5.41, 5.74) is 0.793. The SMILES string of the molecule is CCc1nccn1CCC(=O)N1CCCCNC(=O)c2ccc(OC)c(c2)Oc2cccc(OC)c2CNC(=O)[C@@H](C(C)C)NC(=O)[C@H]([C@@H](C)O)NC(=O)C1. The highest BCUT2D eigenvalue weighted by Crippen LogP contribution is 2.37. The van der Waals surface area contributed by atoms with Crippen LogP contribution in [0.3, 0.4) is 0 Å². The van der Waals surface area contributed by atoms with Crippen LogP contribution in [-0.4, -0.2) is 101 Å². The molecule has 16 heteroatoms. The third kappa shape index (κ3) is 11.4. The largest absolute Gasteiger partial charge is 0.496 e. The summed E-state index contributed by atoms with van der Waals surface area (Å²) in [5, 5.41) is 21.6. The van der Waals surface area contributed by atoms with Crippen LogP contribution in [0.25, 0.3) is 0 Å². The zero-order valence-corrected chi connectivity index (χ0v) is 32.3. The van der Waals surface area contributed by atoms with Gasteiger partial charge in [0.25, 0.3) is 5.91 Å². The zero-order chi connectivity index (χ0) is 40.1. The summed E-state index contributed by atoms with van der Waals surface area (Å²) in [7, 11) is 2.96. The molecule has 0 radical (unpaired) electrons. The summed E-state index contributed by atoms with van der Waals surface area (Å²) in [6, 6.07) is 7.40. The van der Waals surface area contributed by atoms with Gasteiger partial charge in [-0.05, 0) is 56.0 Å². The smallest absolute Gasteiger partial charge is 0.251 e. The van der Waals surface area contributed by atoms with Gasteiger partial charge in [-0.15, -0.1) is 0 Å². The molecule has 0 saturated heterocycles. The predicted molar refractivity (Wildman–Crippen MR) is 203 cm³/mol. The first-order chi connectivity index (χ1) is 26.4. The molecule has 1 aliphatic rings.